The second-order valence-electron chi connectivity index (χ2n) is 8.81. The van der Waals surface area contributed by atoms with E-state index in [9.17, 15) is 9.00 Å². The van der Waals surface area contributed by atoms with Crippen molar-refractivity contribution in [3.05, 3.63) is 28.7 Å². The zero-order chi connectivity index (χ0) is 21.1. The van der Waals surface area contributed by atoms with Gasteiger partial charge in [-0.25, -0.2) is 18.8 Å². The van der Waals surface area contributed by atoms with E-state index >= 15 is 0 Å². The minimum Gasteiger partial charge on any atom is -0.477 e. The van der Waals surface area contributed by atoms with Crippen LogP contribution in [0.1, 0.15) is 55.6 Å². The van der Waals surface area contributed by atoms with E-state index in [1.165, 1.54) is 6.20 Å². The third kappa shape index (κ3) is 3.09. The average molecular weight is 431 g/mol. The number of carbonyl (C=O) groups excluding carboxylic acids is 1. The van der Waals surface area contributed by atoms with Crippen LogP contribution in [0.2, 0.25) is 0 Å². The summed E-state index contributed by atoms with van der Waals surface area (Å²) in [6, 6.07) is -0.717. The molecule has 30 heavy (non-hydrogen) atoms. The molecule has 3 heterocycles. The number of amides is 2. The van der Waals surface area contributed by atoms with Gasteiger partial charge in [-0.2, -0.15) is 5.10 Å². The van der Waals surface area contributed by atoms with Gasteiger partial charge in [-0.1, -0.05) is 13.8 Å². The number of rotatable bonds is 2. The Kier molecular flexibility index (Phi) is 4.41. The van der Waals surface area contributed by atoms with Crippen LogP contribution in [0.3, 0.4) is 0 Å². The second kappa shape index (κ2) is 6.78. The van der Waals surface area contributed by atoms with Gasteiger partial charge in [0.25, 0.3) is 0 Å². The highest BCUT2D eigenvalue weighted by molar-refractivity contribution is 7.91. The zero-order valence-corrected chi connectivity index (χ0v) is 18.0. The Morgan fingerprint density at radius 1 is 1.30 bits per heavy atom. The lowest BCUT2D eigenvalue weighted by Crippen LogP contribution is -2.21. The summed E-state index contributed by atoms with van der Waals surface area (Å²) in [6.07, 6.45) is 6.81. The van der Waals surface area contributed by atoms with Crippen LogP contribution in [0, 0.1) is 0 Å². The molecule has 2 amide bonds. The number of hydrogen-bond acceptors (Lipinski definition) is 5. The summed E-state index contributed by atoms with van der Waals surface area (Å²) >= 11 is 0. The van der Waals surface area contributed by atoms with Crippen molar-refractivity contribution in [2.24, 2.45) is 9.50 Å². The van der Waals surface area contributed by atoms with Gasteiger partial charge in [-0.15, -0.1) is 4.36 Å². The largest absolute Gasteiger partial charge is 0.477 e. The molecule has 0 radical (unpaired) electrons. The molecule has 5 rings (SSSR count). The van der Waals surface area contributed by atoms with Crippen LogP contribution in [-0.4, -0.2) is 31.6 Å². The molecule has 0 bridgehead atoms. The predicted molar refractivity (Wildman–Crippen MR) is 112 cm³/mol. The van der Waals surface area contributed by atoms with Crippen molar-refractivity contribution in [1.82, 2.24) is 14.8 Å². The molecule has 0 saturated carbocycles. The predicted octanol–water partition coefficient (Wildman–Crippen LogP) is 2.71. The molecule has 1 atom stereocenters. The number of nitrogens with two attached hydrogens (primary N) is 1. The van der Waals surface area contributed by atoms with Crippen molar-refractivity contribution in [3.63, 3.8) is 0 Å². The first-order valence-corrected chi connectivity index (χ1v) is 11.9. The Hall–Kier alpha value is -2.46. The fourth-order valence-electron chi connectivity index (χ4n) is 4.68. The number of anilines is 1. The number of aromatic nitrogens is 3. The number of fused-ring (bicyclic) bond motifs is 3. The van der Waals surface area contributed by atoms with Crippen LogP contribution in [0.25, 0.3) is 0 Å². The van der Waals surface area contributed by atoms with Crippen LogP contribution in [0.4, 0.5) is 10.5 Å². The third-order valence-electron chi connectivity index (χ3n) is 6.24. The highest BCUT2D eigenvalue weighted by Gasteiger charge is 2.36. The Balaban J connectivity index is 1.51. The van der Waals surface area contributed by atoms with Crippen molar-refractivity contribution < 1.29 is 13.7 Å². The zero-order valence-electron chi connectivity index (χ0n) is 17.2. The smallest absolute Gasteiger partial charge is 0.354 e. The normalized spacial score (nSPS) is 20.5. The van der Waals surface area contributed by atoms with Crippen LogP contribution in [0.5, 0.6) is 5.88 Å². The molecular weight excluding hydrogens is 404 g/mol. The van der Waals surface area contributed by atoms with E-state index in [-0.39, 0.29) is 10.3 Å². The number of aryl methyl sites for hydroxylation is 2. The number of hydrogen-bond donors (Lipinski definition) is 2. The molecule has 9 nitrogen and oxygen atoms in total. The average Bonchev–Trinajstić information content (AvgIpc) is 3.39. The molecular formula is C20H26N6O3S. The van der Waals surface area contributed by atoms with Crippen molar-refractivity contribution in [2.45, 2.75) is 69.2 Å². The van der Waals surface area contributed by atoms with Gasteiger partial charge in [0.2, 0.25) is 5.88 Å². The van der Waals surface area contributed by atoms with Crippen LogP contribution in [0.15, 0.2) is 15.5 Å². The second-order valence-corrected chi connectivity index (χ2v) is 10.6. The third-order valence-corrected chi connectivity index (χ3v) is 7.59. The van der Waals surface area contributed by atoms with Crippen LogP contribution in [-0.2, 0) is 41.1 Å². The monoisotopic (exact) mass is 430 g/mol. The van der Waals surface area contributed by atoms with Gasteiger partial charge in [-0.3, -0.25) is 4.98 Å². The van der Waals surface area contributed by atoms with E-state index < -0.39 is 15.9 Å². The van der Waals surface area contributed by atoms with Crippen molar-refractivity contribution >= 4 is 21.6 Å². The number of nitrogens with zero attached hydrogens (tertiary/aromatic N) is 4. The fourth-order valence-corrected chi connectivity index (χ4v) is 5.68. The standard InChI is InChI=1S/C20H26N6O3S/c1-20(2)8-7-13-16(12-5-3-6-14(12)23-17(13)20)24-19(27)25-30(21,28)15-11-22-26-9-4-10-29-18(15)26/h11H,3-10H2,1-2H3,(H3,21,23,24,25,27,28)/t30-/m0/s1. The lowest BCUT2D eigenvalue weighted by atomic mass is 9.90. The van der Waals surface area contributed by atoms with Crippen LogP contribution >= 0.6 is 0 Å². The topological polar surface area (TPSA) is 124 Å². The maximum absolute atomic E-state index is 13.1. The van der Waals surface area contributed by atoms with Gasteiger partial charge in [0.15, 0.2) is 9.92 Å². The molecule has 0 aromatic carbocycles. The summed E-state index contributed by atoms with van der Waals surface area (Å²) in [5.74, 6) is 0.331. The molecule has 0 unspecified atom stereocenters. The summed E-state index contributed by atoms with van der Waals surface area (Å²) < 4.78 is 24.1. The number of nitrogens with one attached hydrogen (secondary N) is 1. The van der Waals surface area contributed by atoms with Crippen molar-refractivity contribution in [1.29, 1.82) is 0 Å². The first-order chi connectivity index (χ1) is 14.3. The summed E-state index contributed by atoms with van der Waals surface area (Å²) in [5.41, 5.74) is 5.00. The summed E-state index contributed by atoms with van der Waals surface area (Å²) in [6.45, 7) is 5.51. The SMILES string of the molecule is CC1(C)CCc2c1nc1c(c2NC(=O)N=[S@](N)(=O)c2cnn3c2OCCC3)CCC1. The molecule has 10 heteroatoms. The molecule has 2 aromatic rings. The van der Waals surface area contributed by atoms with Crippen molar-refractivity contribution in [3.8, 4) is 5.88 Å². The van der Waals surface area contributed by atoms with E-state index in [2.05, 4.69) is 28.6 Å². The van der Waals surface area contributed by atoms with Gasteiger partial charge in [0, 0.05) is 24.1 Å². The molecule has 3 N–H and O–H groups in total. The lowest BCUT2D eigenvalue weighted by Gasteiger charge is -2.20. The number of urea groups is 1. The van der Waals surface area contributed by atoms with Crippen LogP contribution < -0.4 is 15.2 Å². The molecule has 2 aliphatic carbocycles. The van der Waals surface area contributed by atoms with E-state index in [0.29, 0.717) is 19.0 Å². The van der Waals surface area contributed by atoms with E-state index in [1.807, 2.05) is 0 Å². The first kappa shape index (κ1) is 19.5. The highest BCUT2D eigenvalue weighted by atomic mass is 32.2. The molecule has 160 valence electrons. The quantitative estimate of drug-likeness (QED) is 0.758. The Morgan fingerprint density at radius 3 is 2.97 bits per heavy atom. The minimum absolute atomic E-state index is 0.0282. The van der Waals surface area contributed by atoms with E-state index in [1.54, 1.807) is 4.68 Å². The molecule has 0 saturated heterocycles. The van der Waals surface area contributed by atoms with E-state index in [4.69, 9.17) is 14.9 Å². The Bertz CT molecular complexity index is 1180. The Morgan fingerprint density at radius 2 is 2.13 bits per heavy atom. The fraction of sp³-hybridized carbons (Fsp3) is 0.550. The van der Waals surface area contributed by atoms with Gasteiger partial charge >= 0.3 is 6.03 Å². The van der Waals surface area contributed by atoms with E-state index in [0.717, 1.165) is 66.7 Å². The molecule has 0 spiro atoms. The number of ether oxygens (including phenoxy) is 1. The summed E-state index contributed by atoms with van der Waals surface area (Å²) in [5, 5.41) is 13.0. The molecule has 0 fully saturated rings. The van der Waals surface area contributed by atoms with Crippen molar-refractivity contribution in [2.75, 3.05) is 11.9 Å². The molecule has 3 aliphatic rings. The maximum Gasteiger partial charge on any atom is 0.354 e. The number of carbonyl (C=O) groups is 1. The van der Waals surface area contributed by atoms with Gasteiger partial charge in [0.05, 0.1) is 24.2 Å². The minimum atomic E-state index is -3.49. The maximum atomic E-state index is 13.1. The Labute approximate surface area is 175 Å². The lowest BCUT2D eigenvalue weighted by molar-refractivity contribution is 0.224. The van der Waals surface area contributed by atoms with Gasteiger partial charge < -0.3 is 10.1 Å². The summed E-state index contributed by atoms with van der Waals surface area (Å²) in [7, 11) is -3.49. The number of pyridine rings is 1. The summed E-state index contributed by atoms with van der Waals surface area (Å²) in [4.78, 5) is 17.9. The molecule has 2 aromatic heterocycles. The first-order valence-electron chi connectivity index (χ1n) is 10.4. The van der Waals surface area contributed by atoms with Gasteiger partial charge in [-0.05, 0) is 43.2 Å². The van der Waals surface area contributed by atoms with Gasteiger partial charge in [0.1, 0.15) is 4.90 Å². The highest BCUT2D eigenvalue weighted by Crippen LogP contribution is 2.44. The molecule has 1 aliphatic heterocycles.